The van der Waals surface area contributed by atoms with Crippen molar-refractivity contribution < 1.29 is 5.02 Å². The van der Waals surface area contributed by atoms with Gasteiger partial charge in [0, 0.05) is 4.78 Å². The smallest absolute Gasteiger partial charge is 0.330 e. The van der Waals surface area contributed by atoms with Crippen LogP contribution in [0.3, 0.4) is 0 Å². The summed E-state index contributed by atoms with van der Waals surface area (Å²) in [5.41, 5.74) is 0. The van der Waals surface area contributed by atoms with Crippen LogP contribution in [0.5, 0.6) is 0 Å². The molecule has 3 heteroatoms. The van der Waals surface area contributed by atoms with E-state index in [1.54, 1.807) is 18.2 Å². The predicted octanol–water partition coefficient (Wildman–Crippen LogP) is 0.569. The molecule has 0 spiro atoms. The van der Waals surface area contributed by atoms with Crippen LogP contribution in [0.25, 0.3) is 0 Å². The van der Waals surface area contributed by atoms with E-state index in [4.69, 9.17) is 5.02 Å². The van der Waals surface area contributed by atoms with Crippen molar-refractivity contribution in [3.8, 4) is 0 Å². The van der Waals surface area contributed by atoms with E-state index in [-0.39, 0.29) is 6.92 Å². The first-order chi connectivity index (χ1) is 3.80. The maximum Gasteiger partial charge on any atom is 0.330 e. The Labute approximate surface area is 53.1 Å². The van der Waals surface area contributed by atoms with E-state index < -0.39 is 0 Å². The summed E-state index contributed by atoms with van der Waals surface area (Å²) < 4.78 is 1.03. The molecular weight excluding hydrogens is 119 g/mol. The van der Waals surface area contributed by atoms with Crippen molar-refractivity contribution in [2.24, 2.45) is 0 Å². The molecule has 0 fully saturated rings. The minimum Gasteiger partial charge on any atom is -0.446 e. The standard InChI is InChI=1S/C5H7BOS/c1-6(7)5-3-2-4-8-5/h2-4,7H,1H3. The lowest BCUT2D eigenvalue weighted by molar-refractivity contribution is 0.595. The third kappa shape index (κ3) is 1.11. The van der Waals surface area contributed by atoms with Gasteiger partial charge in [-0.05, 0) is 5.38 Å². The molecule has 0 aliphatic heterocycles. The van der Waals surface area contributed by atoms with Crippen LogP contribution in [-0.4, -0.2) is 11.9 Å². The van der Waals surface area contributed by atoms with E-state index in [1.165, 1.54) is 0 Å². The van der Waals surface area contributed by atoms with Crippen molar-refractivity contribution >= 4 is 23.0 Å². The Morgan fingerprint density at radius 3 is 2.75 bits per heavy atom. The molecule has 0 aliphatic carbocycles. The van der Waals surface area contributed by atoms with Crippen LogP contribution in [0, 0.1) is 0 Å². The molecule has 1 aromatic rings. The summed E-state index contributed by atoms with van der Waals surface area (Å²) in [6, 6.07) is 3.86. The average Bonchev–Trinajstić information content (AvgIpc) is 2.12. The van der Waals surface area contributed by atoms with E-state index >= 15 is 0 Å². The lowest BCUT2D eigenvalue weighted by Gasteiger charge is -1.89. The van der Waals surface area contributed by atoms with Gasteiger partial charge >= 0.3 is 6.92 Å². The highest BCUT2D eigenvalue weighted by atomic mass is 32.1. The normalized spacial score (nSPS) is 9.25. The summed E-state index contributed by atoms with van der Waals surface area (Å²) in [6.45, 7) is 1.47. The second kappa shape index (κ2) is 2.33. The van der Waals surface area contributed by atoms with Crippen LogP contribution < -0.4 is 4.78 Å². The highest BCUT2D eigenvalue weighted by Crippen LogP contribution is 1.93. The van der Waals surface area contributed by atoms with Gasteiger partial charge in [-0.2, -0.15) is 11.3 Å². The molecule has 0 saturated heterocycles. The van der Waals surface area contributed by atoms with Crippen molar-refractivity contribution in [2.45, 2.75) is 6.82 Å². The maximum atomic E-state index is 8.92. The summed E-state index contributed by atoms with van der Waals surface area (Å²) in [6.07, 6.45) is 0. The fourth-order valence-corrected chi connectivity index (χ4v) is 1.20. The van der Waals surface area contributed by atoms with Crippen LogP contribution in [-0.2, 0) is 0 Å². The summed E-state index contributed by atoms with van der Waals surface area (Å²) in [7, 11) is 0. The Balaban J connectivity index is 2.77. The Bertz CT molecular complexity index is 147. The summed E-state index contributed by atoms with van der Waals surface area (Å²) in [4.78, 5) is 0. The molecule has 1 nitrogen and oxygen atoms in total. The van der Waals surface area contributed by atoms with Gasteiger partial charge in [-0.3, -0.25) is 0 Å². The quantitative estimate of drug-likeness (QED) is 0.545. The molecule has 0 radical (unpaired) electrons. The first kappa shape index (κ1) is 5.85. The van der Waals surface area contributed by atoms with Gasteiger partial charge in [0.15, 0.2) is 0 Å². The molecule has 1 heterocycles. The van der Waals surface area contributed by atoms with E-state index in [0.717, 1.165) is 4.78 Å². The predicted molar refractivity (Wildman–Crippen MR) is 37.8 cm³/mol. The number of thiophene rings is 1. The zero-order chi connectivity index (χ0) is 5.98. The fraction of sp³-hybridized carbons (Fsp3) is 0.200. The lowest BCUT2D eigenvalue weighted by atomic mass is 9.71. The van der Waals surface area contributed by atoms with Crippen LogP contribution in [0.15, 0.2) is 17.5 Å². The number of hydrogen-bond donors (Lipinski definition) is 1. The van der Waals surface area contributed by atoms with Crippen molar-refractivity contribution in [3.05, 3.63) is 17.5 Å². The van der Waals surface area contributed by atoms with Gasteiger partial charge in [0.05, 0.1) is 0 Å². The van der Waals surface area contributed by atoms with Crippen LogP contribution in [0.1, 0.15) is 0 Å². The van der Waals surface area contributed by atoms with Crippen molar-refractivity contribution in [2.75, 3.05) is 0 Å². The second-order valence-electron chi connectivity index (χ2n) is 1.69. The molecule has 42 valence electrons. The highest BCUT2D eigenvalue weighted by molar-refractivity contribution is 7.21. The Morgan fingerprint density at radius 1 is 1.75 bits per heavy atom. The number of hydrogen-bond acceptors (Lipinski definition) is 2. The van der Waals surface area contributed by atoms with Crippen molar-refractivity contribution in [1.29, 1.82) is 0 Å². The first-order valence-electron chi connectivity index (χ1n) is 2.52. The molecule has 0 aromatic carbocycles. The fourth-order valence-electron chi connectivity index (χ4n) is 0.529. The third-order valence-electron chi connectivity index (χ3n) is 0.955. The Hall–Kier alpha value is -0.275. The molecule has 0 bridgehead atoms. The third-order valence-corrected chi connectivity index (χ3v) is 2.00. The van der Waals surface area contributed by atoms with Gasteiger partial charge in [0.1, 0.15) is 0 Å². The van der Waals surface area contributed by atoms with E-state index in [2.05, 4.69) is 0 Å². The molecule has 1 rings (SSSR count). The molecule has 8 heavy (non-hydrogen) atoms. The topological polar surface area (TPSA) is 20.2 Å². The molecule has 0 atom stereocenters. The molecule has 0 aliphatic rings. The molecule has 0 unspecified atom stereocenters. The Morgan fingerprint density at radius 2 is 2.50 bits per heavy atom. The zero-order valence-corrected chi connectivity index (χ0v) is 5.48. The van der Waals surface area contributed by atoms with E-state index in [0.29, 0.717) is 0 Å². The summed E-state index contributed by atoms with van der Waals surface area (Å²) in [5.74, 6) is 0. The molecule has 1 N–H and O–H groups in total. The SMILES string of the molecule is CB(O)c1cccs1. The monoisotopic (exact) mass is 126 g/mol. The van der Waals surface area contributed by atoms with E-state index in [1.807, 2.05) is 17.5 Å². The average molecular weight is 126 g/mol. The summed E-state index contributed by atoms with van der Waals surface area (Å²) in [5, 5.41) is 10.9. The molecule has 0 saturated carbocycles. The second-order valence-corrected chi connectivity index (χ2v) is 2.67. The number of rotatable bonds is 1. The van der Waals surface area contributed by atoms with Crippen molar-refractivity contribution in [1.82, 2.24) is 0 Å². The van der Waals surface area contributed by atoms with Crippen LogP contribution >= 0.6 is 11.3 Å². The molecule has 0 amide bonds. The first-order valence-corrected chi connectivity index (χ1v) is 3.40. The van der Waals surface area contributed by atoms with E-state index in [9.17, 15) is 0 Å². The summed E-state index contributed by atoms with van der Waals surface area (Å²) >= 11 is 1.58. The molecular formula is C5H7BOS. The van der Waals surface area contributed by atoms with Gasteiger partial charge in [0.2, 0.25) is 0 Å². The molecule has 1 aromatic heterocycles. The van der Waals surface area contributed by atoms with Gasteiger partial charge in [0.25, 0.3) is 0 Å². The van der Waals surface area contributed by atoms with Crippen LogP contribution in [0.2, 0.25) is 6.82 Å². The van der Waals surface area contributed by atoms with Crippen molar-refractivity contribution in [3.63, 3.8) is 0 Å². The van der Waals surface area contributed by atoms with Gasteiger partial charge in [-0.25, -0.2) is 0 Å². The van der Waals surface area contributed by atoms with Gasteiger partial charge < -0.3 is 5.02 Å². The van der Waals surface area contributed by atoms with Crippen LogP contribution in [0.4, 0.5) is 0 Å². The minimum absolute atomic E-state index is 0.296. The Kier molecular flexibility index (Phi) is 1.71. The zero-order valence-electron chi connectivity index (χ0n) is 4.66. The van der Waals surface area contributed by atoms with Gasteiger partial charge in [-0.15, -0.1) is 0 Å². The lowest BCUT2D eigenvalue weighted by Crippen LogP contribution is -2.21. The highest BCUT2D eigenvalue weighted by Gasteiger charge is 2.04. The largest absolute Gasteiger partial charge is 0.446 e. The minimum atomic E-state index is -0.296. The van der Waals surface area contributed by atoms with Gasteiger partial charge in [-0.1, -0.05) is 19.0 Å². The maximum absolute atomic E-state index is 8.92.